The molecule has 0 saturated carbocycles. The zero-order chi connectivity index (χ0) is 20.9. The summed E-state index contributed by atoms with van der Waals surface area (Å²) in [5.41, 5.74) is 3.38. The van der Waals surface area contributed by atoms with Gasteiger partial charge in [0.05, 0.1) is 37.7 Å². The van der Waals surface area contributed by atoms with Crippen molar-refractivity contribution in [2.45, 2.75) is 50.8 Å². The van der Waals surface area contributed by atoms with E-state index in [2.05, 4.69) is 54.7 Å². The van der Waals surface area contributed by atoms with E-state index >= 15 is 0 Å². The molecule has 6 heteroatoms. The van der Waals surface area contributed by atoms with E-state index in [0.717, 1.165) is 35.0 Å². The third-order valence-electron chi connectivity index (χ3n) is 4.76. The van der Waals surface area contributed by atoms with Gasteiger partial charge in [-0.1, -0.05) is 26.7 Å². The maximum atomic E-state index is 11.5. The van der Waals surface area contributed by atoms with Gasteiger partial charge >= 0.3 is 5.97 Å². The number of benzene rings is 1. The van der Waals surface area contributed by atoms with E-state index in [-0.39, 0.29) is 17.8 Å². The molecule has 0 aliphatic carbocycles. The molecule has 1 aromatic heterocycles. The average molecular weight is 411 g/mol. The van der Waals surface area contributed by atoms with Crippen LogP contribution in [0.15, 0.2) is 29.4 Å². The number of thioether (sulfide) groups is 1. The highest BCUT2D eigenvalue weighted by molar-refractivity contribution is 7.99. The minimum Gasteiger partial charge on any atom is -0.493 e. The number of fused-ring (bicyclic) bond motifs is 1. The van der Waals surface area contributed by atoms with Crippen LogP contribution in [0.3, 0.4) is 0 Å². The summed E-state index contributed by atoms with van der Waals surface area (Å²) >= 11 is 1.75. The van der Waals surface area contributed by atoms with Gasteiger partial charge in [0.25, 0.3) is 0 Å². The Bertz CT molecular complexity index is 943. The van der Waals surface area contributed by atoms with E-state index < -0.39 is 0 Å². The molecule has 0 amide bonds. The molecule has 0 atom stereocenters. The fourth-order valence-electron chi connectivity index (χ4n) is 3.13. The number of nitrogens with zero attached hydrogens (tertiary/aromatic N) is 2. The molecule has 0 radical (unpaired) electrons. The summed E-state index contributed by atoms with van der Waals surface area (Å²) in [4.78, 5) is 21.3. The number of carbonyl (C=O) groups excluding carboxylic acids is 1. The average Bonchev–Trinajstić information content (AvgIpc) is 2.68. The number of aromatic nitrogens is 2. The van der Waals surface area contributed by atoms with Crippen molar-refractivity contribution >= 4 is 17.7 Å². The summed E-state index contributed by atoms with van der Waals surface area (Å²) in [5.74, 6) is 7.98. The largest absolute Gasteiger partial charge is 0.493 e. The van der Waals surface area contributed by atoms with Crippen molar-refractivity contribution in [3.05, 3.63) is 47.0 Å². The van der Waals surface area contributed by atoms with Gasteiger partial charge in [-0.3, -0.25) is 9.78 Å². The Morgan fingerprint density at radius 1 is 1.24 bits per heavy atom. The minimum absolute atomic E-state index is 0.0635. The second-order valence-corrected chi connectivity index (χ2v) is 8.69. The quantitative estimate of drug-likeness (QED) is 0.419. The molecule has 2 aromatic rings. The van der Waals surface area contributed by atoms with Crippen molar-refractivity contribution in [1.29, 1.82) is 0 Å². The number of hydrogen-bond acceptors (Lipinski definition) is 6. The first-order valence-electron chi connectivity index (χ1n) is 9.85. The first-order chi connectivity index (χ1) is 13.9. The molecular formula is C23H26N2O3S. The Labute approximate surface area is 176 Å². The van der Waals surface area contributed by atoms with E-state index in [0.29, 0.717) is 18.0 Å². The summed E-state index contributed by atoms with van der Waals surface area (Å²) in [5, 5.41) is 0. The molecular weight excluding hydrogens is 384 g/mol. The van der Waals surface area contributed by atoms with Crippen LogP contribution in [0.25, 0.3) is 0 Å². The first kappa shape index (κ1) is 21.2. The van der Waals surface area contributed by atoms with Crippen LogP contribution in [-0.4, -0.2) is 34.9 Å². The zero-order valence-corrected chi connectivity index (χ0v) is 18.2. The van der Waals surface area contributed by atoms with Gasteiger partial charge in [0.2, 0.25) is 0 Å². The Balaban J connectivity index is 1.86. The van der Waals surface area contributed by atoms with E-state index in [9.17, 15) is 4.79 Å². The zero-order valence-electron chi connectivity index (χ0n) is 17.4. The van der Waals surface area contributed by atoms with Crippen LogP contribution >= 0.6 is 11.8 Å². The van der Waals surface area contributed by atoms with Crippen LogP contribution in [0.4, 0.5) is 0 Å². The summed E-state index contributed by atoms with van der Waals surface area (Å²) in [6, 6.07) is 4.27. The fraction of sp³-hybridized carbons (Fsp3) is 0.435. The first-order valence-corrected chi connectivity index (χ1v) is 10.8. The Hall–Kier alpha value is -2.52. The minimum atomic E-state index is -0.305. The van der Waals surface area contributed by atoms with E-state index in [4.69, 9.17) is 9.47 Å². The number of rotatable bonds is 5. The highest BCUT2D eigenvalue weighted by Gasteiger charge is 2.29. The topological polar surface area (TPSA) is 61.3 Å². The Morgan fingerprint density at radius 3 is 2.76 bits per heavy atom. The maximum absolute atomic E-state index is 11.5. The molecule has 0 spiro atoms. The number of esters is 1. The molecule has 1 aliphatic heterocycles. The van der Waals surface area contributed by atoms with Crippen molar-refractivity contribution in [1.82, 2.24) is 9.97 Å². The summed E-state index contributed by atoms with van der Waals surface area (Å²) < 4.78 is 10.8. The van der Waals surface area contributed by atoms with Gasteiger partial charge in [0.15, 0.2) is 0 Å². The fourth-order valence-corrected chi connectivity index (χ4v) is 3.90. The van der Waals surface area contributed by atoms with E-state index in [1.165, 1.54) is 5.56 Å². The van der Waals surface area contributed by atoms with Crippen LogP contribution in [0.1, 0.15) is 56.6 Å². The normalized spacial score (nSPS) is 14.2. The van der Waals surface area contributed by atoms with Crippen LogP contribution in [0.2, 0.25) is 0 Å². The molecule has 0 N–H and O–H groups in total. The predicted molar refractivity (Wildman–Crippen MR) is 114 cm³/mol. The lowest BCUT2D eigenvalue weighted by atomic mass is 9.79. The molecule has 152 valence electrons. The number of hydrogen-bond donors (Lipinski definition) is 0. The molecule has 3 rings (SSSR count). The smallest absolute Gasteiger partial charge is 0.311 e. The van der Waals surface area contributed by atoms with Crippen LogP contribution in [0.5, 0.6) is 5.75 Å². The monoisotopic (exact) mass is 410 g/mol. The summed E-state index contributed by atoms with van der Waals surface area (Å²) in [6.45, 7) is 9.49. The van der Waals surface area contributed by atoms with Crippen molar-refractivity contribution in [2.75, 3.05) is 19.0 Å². The van der Waals surface area contributed by atoms with Crippen molar-refractivity contribution < 1.29 is 14.3 Å². The van der Waals surface area contributed by atoms with Crippen molar-refractivity contribution in [2.24, 2.45) is 0 Å². The highest BCUT2D eigenvalue weighted by Crippen LogP contribution is 2.41. The van der Waals surface area contributed by atoms with E-state index in [1.54, 1.807) is 31.1 Å². The van der Waals surface area contributed by atoms with Crippen LogP contribution in [0, 0.1) is 11.8 Å². The van der Waals surface area contributed by atoms with Crippen molar-refractivity contribution in [3.63, 3.8) is 0 Å². The predicted octanol–water partition coefficient (Wildman–Crippen LogP) is 4.15. The number of carbonyl (C=O) groups is 1. The Morgan fingerprint density at radius 2 is 2.07 bits per heavy atom. The van der Waals surface area contributed by atoms with Crippen LogP contribution < -0.4 is 4.74 Å². The molecule has 0 unspecified atom stereocenters. The number of ether oxygens (including phenoxy) is 2. The molecule has 0 fully saturated rings. The van der Waals surface area contributed by atoms with Gasteiger partial charge < -0.3 is 9.47 Å². The second-order valence-electron chi connectivity index (χ2n) is 7.38. The third-order valence-corrected chi connectivity index (χ3v) is 5.69. The molecule has 1 aromatic carbocycles. The lowest BCUT2D eigenvalue weighted by Crippen LogP contribution is -2.26. The molecule has 29 heavy (non-hydrogen) atoms. The lowest BCUT2D eigenvalue weighted by molar-refractivity contribution is -0.142. The summed E-state index contributed by atoms with van der Waals surface area (Å²) in [7, 11) is 0. The molecule has 2 heterocycles. The third kappa shape index (κ3) is 5.30. The van der Waals surface area contributed by atoms with Gasteiger partial charge in [-0.25, -0.2) is 4.98 Å². The van der Waals surface area contributed by atoms with Gasteiger partial charge in [-0.05, 0) is 42.6 Å². The standard InChI is InChI=1S/C23H26N2O3S/c1-5-27-22(26)12-18-15-24-17(14-25-18)8-7-16-11-19-20(13-21(16)29-6-2)28-10-9-23(19,3)4/h11,13-15H,5-6,9-10,12H2,1-4H3. The maximum Gasteiger partial charge on any atom is 0.311 e. The second kappa shape index (κ2) is 9.32. The van der Waals surface area contributed by atoms with Gasteiger partial charge in [-0.15, -0.1) is 11.8 Å². The molecule has 0 saturated heterocycles. The SMILES string of the molecule is CCOC(=O)Cc1cnc(C#Cc2cc3c(cc2SCC)OCCC3(C)C)cn1. The summed E-state index contributed by atoms with van der Waals surface area (Å²) in [6.07, 6.45) is 4.28. The van der Waals surface area contributed by atoms with Gasteiger partial charge in [-0.2, -0.15) is 0 Å². The Kier molecular flexibility index (Phi) is 6.81. The lowest BCUT2D eigenvalue weighted by Gasteiger charge is -2.33. The van der Waals surface area contributed by atoms with Gasteiger partial charge in [0.1, 0.15) is 11.4 Å². The molecule has 5 nitrogen and oxygen atoms in total. The van der Waals surface area contributed by atoms with E-state index in [1.807, 2.05) is 0 Å². The molecule has 1 aliphatic rings. The highest BCUT2D eigenvalue weighted by atomic mass is 32.2. The van der Waals surface area contributed by atoms with Crippen LogP contribution in [-0.2, 0) is 21.4 Å². The van der Waals surface area contributed by atoms with Gasteiger partial charge in [0, 0.05) is 16.0 Å². The van der Waals surface area contributed by atoms with Crippen molar-refractivity contribution in [3.8, 4) is 17.6 Å². The molecule has 0 bridgehead atoms.